The fraction of sp³-hybridized carbons (Fsp3) is 0.875. The molecule has 142 valence electrons. The van der Waals surface area contributed by atoms with Crippen LogP contribution in [0.3, 0.4) is 0 Å². The van der Waals surface area contributed by atoms with Gasteiger partial charge in [0.1, 0.15) is 0 Å². The van der Waals surface area contributed by atoms with Crippen molar-refractivity contribution in [2.45, 2.75) is 37.8 Å². The van der Waals surface area contributed by atoms with E-state index in [0.717, 1.165) is 13.0 Å². The minimum atomic E-state index is -3.16. The number of sulfone groups is 1. The van der Waals surface area contributed by atoms with Crippen molar-refractivity contribution in [1.29, 1.82) is 0 Å². The highest BCUT2D eigenvalue weighted by atomic mass is 32.2. The van der Waals surface area contributed by atoms with Gasteiger partial charge in [-0.15, -0.1) is 0 Å². The number of hydrogen-bond donors (Lipinski definition) is 1. The fourth-order valence-corrected chi connectivity index (χ4v) is 6.26. The number of aliphatic hydroxyl groups excluding tert-OH is 1. The number of rotatable bonds is 6. The summed E-state index contributed by atoms with van der Waals surface area (Å²) in [5.41, 5.74) is 0. The quantitative estimate of drug-likeness (QED) is 0.621. The van der Waals surface area contributed by atoms with Gasteiger partial charge in [-0.05, 0) is 12.8 Å². The van der Waals surface area contributed by atoms with E-state index in [1.54, 1.807) is 9.80 Å². The molecule has 0 aromatic heterocycles. The molecule has 8 nitrogen and oxygen atoms in total. The summed E-state index contributed by atoms with van der Waals surface area (Å²) in [6, 6.07) is -0.527. The molecule has 0 bridgehead atoms. The lowest BCUT2D eigenvalue weighted by Crippen LogP contribution is -2.61. The topological polar surface area (TPSA) is 98.2 Å². The molecule has 0 radical (unpaired) electrons. The van der Waals surface area contributed by atoms with E-state index in [-0.39, 0.29) is 42.0 Å². The molecule has 3 aliphatic heterocycles. The molecular formula is C16H27N3O5S. The van der Waals surface area contributed by atoms with E-state index < -0.39 is 9.84 Å². The molecule has 3 rings (SSSR count). The van der Waals surface area contributed by atoms with Crippen LogP contribution in [0.2, 0.25) is 0 Å². The van der Waals surface area contributed by atoms with Crippen LogP contribution in [0.15, 0.2) is 0 Å². The molecule has 1 N–H and O–H groups in total. The van der Waals surface area contributed by atoms with Gasteiger partial charge in [0.2, 0.25) is 11.8 Å². The zero-order valence-electron chi connectivity index (χ0n) is 14.5. The number of fused-ring (bicyclic) bond motifs is 1. The Balaban J connectivity index is 1.57. The maximum Gasteiger partial charge on any atom is 0.223 e. The van der Waals surface area contributed by atoms with Gasteiger partial charge in [-0.2, -0.15) is 0 Å². The first-order valence-corrected chi connectivity index (χ1v) is 10.9. The highest BCUT2D eigenvalue weighted by Crippen LogP contribution is 2.27. The highest BCUT2D eigenvalue weighted by Gasteiger charge is 2.47. The SMILES string of the molecule is O=C1CCCN1CCCC(=O)N1CCN(CCO)[C@H]2CS(=O)(=O)C[C@H]21. The second-order valence-electron chi connectivity index (χ2n) is 7.15. The van der Waals surface area contributed by atoms with Gasteiger partial charge in [0.25, 0.3) is 0 Å². The molecule has 3 saturated heterocycles. The minimum Gasteiger partial charge on any atom is -0.395 e. The minimum absolute atomic E-state index is 0.00987. The lowest BCUT2D eigenvalue weighted by molar-refractivity contribution is -0.137. The van der Waals surface area contributed by atoms with Gasteiger partial charge in [-0.1, -0.05) is 0 Å². The lowest BCUT2D eigenvalue weighted by Gasteiger charge is -2.43. The summed E-state index contributed by atoms with van der Waals surface area (Å²) in [5.74, 6) is 0.203. The zero-order chi connectivity index (χ0) is 18.0. The van der Waals surface area contributed by atoms with E-state index in [4.69, 9.17) is 0 Å². The number of piperazine rings is 1. The van der Waals surface area contributed by atoms with Crippen LogP contribution in [-0.4, -0.2) is 103 Å². The summed E-state index contributed by atoms with van der Waals surface area (Å²) >= 11 is 0. The molecule has 0 unspecified atom stereocenters. The average molecular weight is 373 g/mol. The first-order chi connectivity index (χ1) is 11.9. The lowest BCUT2D eigenvalue weighted by atomic mass is 10.0. The summed E-state index contributed by atoms with van der Waals surface area (Å²) in [4.78, 5) is 29.7. The summed E-state index contributed by atoms with van der Waals surface area (Å²) < 4.78 is 24.1. The van der Waals surface area contributed by atoms with E-state index >= 15 is 0 Å². The van der Waals surface area contributed by atoms with Crippen LogP contribution in [-0.2, 0) is 19.4 Å². The molecule has 0 saturated carbocycles. The van der Waals surface area contributed by atoms with Crippen molar-refractivity contribution < 1.29 is 23.1 Å². The van der Waals surface area contributed by atoms with Crippen LogP contribution in [0.25, 0.3) is 0 Å². The van der Waals surface area contributed by atoms with E-state index in [0.29, 0.717) is 45.4 Å². The Bertz CT molecular complexity index is 623. The third kappa shape index (κ3) is 4.15. The summed E-state index contributed by atoms with van der Waals surface area (Å²) in [5, 5.41) is 9.18. The maximum atomic E-state index is 12.6. The van der Waals surface area contributed by atoms with Crippen LogP contribution >= 0.6 is 0 Å². The number of carbonyl (C=O) groups is 2. The fourth-order valence-electron chi connectivity index (χ4n) is 4.25. The molecule has 25 heavy (non-hydrogen) atoms. The maximum absolute atomic E-state index is 12.6. The van der Waals surface area contributed by atoms with Crippen molar-refractivity contribution in [3.8, 4) is 0 Å². The van der Waals surface area contributed by atoms with E-state index in [9.17, 15) is 23.1 Å². The number of aliphatic hydroxyl groups is 1. The number of likely N-dealkylation sites (tertiary alicyclic amines) is 1. The second-order valence-corrected chi connectivity index (χ2v) is 9.30. The number of nitrogens with zero attached hydrogens (tertiary/aromatic N) is 3. The molecule has 0 aliphatic carbocycles. The molecule has 3 fully saturated rings. The predicted octanol–water partition coefficient (Wildman–Crippen LogP) is -1.31. The van der Waals surface area contributed by atoms with Crippen molar-refractivity contribution >= 4 is 21.7 Å². The molecular weight excluding hydrogens is 346 g/mol. The van der Waals surface area contributed by atoms with Crippen LogP contribution in [0.5, 0.6) is 0 Å². The summed E-state index contributed by atoms with van der Waals surface area (Å²) in [7, 11) is -3.16. The smallest absolute Gasteiger partial charge is 0.223 e. The molecule has 9 heteroatoms. The third-order valence-corrected chi connectivity index (χ3v) is 7.19. The van der Waals surface area contributed by atoms with Crippen molar-refractivity contribution in [2.24, 2.45) is 0 Å². The van der Waals surface area contributed by atoms with Crippen LogP contribution in [0.1, 0.15) is 25.7 Å². The van der Waals surface area contributed by atoms with Crippen LogP contribution in [0.4, 0.5) is 0 Å². The first kappa shape index (κ1) is 18.6. The number of amides is 2. The number of β-amino-alcohol motifs (C(OH)–C–C–N with tert-alkyl or cyclic N) is 1. The Hall–Kier alpha value is -1.19. The Morgan fingerprint density at radius 3 is 2.56 bits per heavy atom. The normalized spacial score (nSPS) is 29.2. The van der Waals surface area contributed by atoms with Gasteiger partial charge >= 0.3 is 0 Å². The number of hydrogen-bond acceptors (Lipinski definition) is 6. The highest BCUT2D eigenvalue weighted by molar-refractivity contribution is 7.91. The van der Waals surface area contributed by atoms with Crippen LogP contribution in [0, 0.1) is 0 Å². The summed E-state index contributed by atoms with van der Waals surface area (Å²) in [6.45, 7) is 2.89. The van der Waals surface area contributed by atoms with Gasteiger partial charge in [0, 0.05) is 51.6 Å². The molecule has 0 aromatic rings. The number of carbonyl (C=O) groups excluding carboxylic acids is 2. The van der Waals surface area contributed by atoms with Crippen molar-refractivity contribution in [3.05, 3.63) is 0 Å². The molecule has 3 heterocycles. The molecule has 0 aromatic carbocycles. The van der Waals surface area contributed by atoms with Crippen LogP contribution < -0.4 is 0 Å². The van der Waals surface area contributed by atoms with Gasteiger partial charge in [-0.3, -0.25) is 14.5 Å². The van der Waals surface area contributed by atoms with Gasteiger partial charge in [0.05, 0.1) is 24.2 Å². The Labute approximate surface area is 148 Å². The largest absolute Gasteiger partial charge is 0.395 e. The van der Waals surface area contributed by atoms with Gasteiger partial charge in [-0.25, -0.2) is 8.42 Å². The van der Waals surface area contributed by atoms with Crippen molar-refractivity contribution in [3.63, 3.8) is 0 Å². The third-order valence-electron chi connectivity index (χ3n) is 5.49. The molecule has 0 spiro atoms. The van der Waals surface area contributed by atoms with Gasteiger partial charge < -0.3 is 14.9 Å². The predicted molar refractivity (Wildman–Crippen MR) is 91.6 cm³/mol. The Morgan fingerprint density at radius 1 is 1.12 bits per heavy atom. The van der Waals surface area contributed by atoms with E-state index in [1.165, 1.54) is 0 Å². The second kappa shape index (κ2) is 7.59. The van der Waals surface area contributed by atoms with E-state index in [1.807, 2.05) is 4.90 Å². The Morgan fingerprint density at radius 2 is 1.88 bits per heavy atom. The van der Waals surface area contributed by atoms with E-state index in [2.05, 4.69) is 0 Å². The molecule has 3 aliphatic rings. The Kier molecular flexibility index (Phi) is 5.65. The standard InChI is InChI=1S/C16H27N3O5S/c20-10-9-17-7-8-19(14-12-25(23,24)11-13(14)17)16(22)4-2-6-18-5-1-3-15(18)21/h13-14,20H,1-12H2/t13-,14+/m0/s1. The first-order valence-electron chi connectivity index (χ1n) is 9.04. The van der Waals surface area contributed by atoms with Crippen molar-refractivity contribution in [1.82, 2.24) is 14.7 Å². The average Bonchev–Trinajstić information content (AvgIpc) is 3.10. The van der Waals surface area contributed by atoms with Gasteiger partial charge in [0.15, 0.2) is 9.84 Å². The van der Waals surface area contributed by atoms with Crippen molar-refractivity contribution in [2.75, 3.05) is 50.8 Å². The monoisotopic (exact) mass is 373 g/mol. The molecule has 2 atom stereocenters. The zero-order valence-corrected chi connectivity index (χ0v) is 15.3. The summed E-state index contributed by atoms with van der Waals surface area (Å²) in [6.07, 6.45) is 2.45. The molecule has 2 amide bonds.